The van der Waals surface area contributed by atoms with Gasteiger partial charge in [-0.1, -0.05) is 158 Å². The van der Waals surface area contributed by atoms with Crippen molar-refractivity contribution in [3.05, 3.63) is 243 Å². The first-order chi connectivity index (χ1) is 32.7. The lowest BCUT2D eigenvalue weighted by atomic mass is 9.95. The lowest BCUT2D eigenvalue weighted by Crippen LogP contribution is -2.11. The molecule has 66 heavy (non-hydrogen) atoms. The molecule has 4 heteroatoms. The molecule has 2 aromatic heterocycles. The summed E-state index contributed by atoms with van der Waals surface area (Å²) in [4.78, 5) is 4.65. The minimum atomic E-state index is 0.849. The average Bonchev–Trinajstić information content (AvgIpc) is 3.97. The Morgan fingerprint density at radius 3 is 1.58 bits per heavy atom. The zero-order valence-corrected chi connectivity index (χ0v) is 35.8. The summed E-state index contributed by atoms with van der Waals surface area (Å²) < 4.78 is 13.6. The van der Waals surface area contributed by atoms with E-state index in [1.54, 1.807) is 0 Å². The van der Waals surface area contributed by atoms with Crippen molar-refractivity contribution in [3.63, 3.8) is 0 Å². The SMILES string of the molecule is c1ccc(-c2ccccc2N(c2ccc(-c3ccc4c(c3)oc3c5ccc(N(c6ccccc6)c6ccccc6)cc5c5ccccc5c43)cc2)c2cccc3c2oc2ccccc23)cc1. The Bertz CT molecular complexity index is 3890. The third-order valence-corrected chi connectivity index (χ3v) is 13.0. The average molecular weight is 845 g/mol. The number of fused-ring (bicyclic) bond motifs is 11. The summed E-state index contributed by atoms with van der Waals surface area (Å²) in [6.07, 6.45) is 0. The van der Waals surface area contributed by atoms with Crippen molar-refractivity contribution in [2.45, 2.75) is 0 Å². The summed E-state index contributed by atoms with van der Waals surface area (Å²) in [7, 11) is 0. The van der Waals surface area contributed by atoms with E-state index < -0.39 is 0 Å². The van der Waals surface area contributed by atoms with Gasteiger partial charge in [-0.15, -0.1) is 0 Å². The van der Waals surface area contributed by atoms with Crippen LogP contribution in [-0.4, -0.2) is 0 Å². The number of furan rings is 2. The molecule has 0 aliphatic carbocycles. The monoisotopic (exact) mass is 844 g/mol. The molecule has 4 nitrogen and oxygen atoms in total. The summed E-state index contributed by atoms with van der Waals surface area (Å²) in [6, 6.07) is 86.1. The molecule has 0 atom stereocenters. The van der Waals surface area contributed by atoms with Crippen molar-refractivity contribution >= 4 is 99.5 Å². The van der Waals surface area contributed by atoms with Crippen LogP contribution in [0.2, 0.25) is 0 Å². The van der Waals surface area contributed by atoms with Crippen LogP contribution in [0.25, 0.3) is 87.7 Å². The third-order valence-electron chi connectivity index (χ3n) is 13.0. The second-order valence-electron chi connectivity index (χ2n) is 16.8. The molecule has 13 rings (SSSR count). The maximum absolute atomic E-state index is 6.97. The molecule has 0 saturated carbocycles. The first-order valence-electron chi connectivity index (χ1n) is 22.4. The molecule has 310 valence electrons. The molecule has 0 saturated heterocycles. The van der Waals surface area contributed by atoms with Crippen LogP contribution in [0.4, 0.5) is 34.1 Å². The number of benzene rings is 11. The van der Waals surface area contributed by atoms with Crippen LogP contribution < -0.4 is 9.80 Å². The third kappa shape index (κ3) is 6.15. The number of rotatable bonds is 8. The van der Waals surface area contributed by atoms with E-state index in [9.17, 15) is 0 Å². The Hall–Kier alpha value is -8.86. The predicted molar refractivity (Wildman–Crippen MR) is 276 cm³/mol. The maximum Gasteiger partial charge on any atom is 0.159 e. The smallest absolute Gasteiger partial charge is 0.159 e. The van der Waals surface area contributed by atoms with Crippen LogP contribution in [0.15, 0.2) is 251 Å². The van der Waals surface area contributed by atoms with E-state index in [1.165, 1.54) is 10.8 Å². The summed E-state index contributed by atoms with van der Waals surface area (Å²) in [6.45, 7) is 0. The first-order valence-corrected chi connectivity index (χ1v) is 22.4. The quantitative estimate of drug-likeness (QED) is 0.143. The highest BCUT2D eigenvalue weighted by Gasteiger charge is 2.23. The molecule has 0 fully saturated rings. The molecule has 0 bridgehead atoms. The second kappa shape index (κ2) is 15.4. The van der Waals surface area contributed by atoms with Crippen LogP contribution in [0.5, 0.6) is 0 Å². The van der Waals surface area contributed by atoms with E-state index in [2.05, 4.69) is 240 Å². The van der Waals surface area contributed by atoms with Crippen molar-refractivity contribution in [1.82, 2.24) is 0 Å². The zero-order valence-electron chi connectivity index (χ0n) is 35.8. The van der Waals surface area contributed by atoms with Gasteiger partial charge in [0.05, 0.1) is 11.4 Å². The molecule has 0 aliphatic heterocycles. The molecule has 13 aromatic rings. The summed E-state index contributed by atoms with van der Waals surface area (Å²) in [5.41, 5.74) is 14.3. The topological polar surface area (TPSA) is 32.8 Å². The molecular formula is C62H40N2O2. The number of anilines is 6. The number of hydrogen-bond acceptors (Lipinski definition) is 4. The van der Waals surface area contributed by atoms with Crippen LogP contribution in [0.3, 0.4) is 0 Å². The normalized spacial score (nSPS) is 11.6. The van der Waals surface area contributed by atoms with E-state index in [0.29, 0.717) is 0 Å². The molecule has 2 heterocycles. The lowest BCUT2D eigenvalue weighted by Gasteiger charge is -2.28. The molecule has 0 unspecified atom stereocenters. The van der Waals surface area contributed by atoms with Gasteiger partial charge in [-0.05, 0) is 118 Å². The fourth-order valence-corrected chi connectivity index (χ4v) is 10.0. The molecule has 0 aliphatic rings. The standard InChI is InChI=1S/C62H40N2O2/c1-4-17-42(18-5-1)48-23-12-14-28-56(48)64(57-29-16-27-52-50-25-13-15-30-58(50)65-61(52)57)46-34-31-41(32-35-46)43-33-37-54-59(39-43)66-62-53-38-36-47(40-55(53)49-24-10-11-26-51(49)60(54)62)63(44-19-6-2-7-20-44)45-21-8-3-9-22-45/h1-40H. The molecule has 11 aromatic carbocycles. The van der Waals surface area contributed by atoms with Gasteiger partial charge in [0, 0.05) is 55.2 Å². The minimum Gasteiger partial charge on any atom is -0.455 e. The zero-order chi connectivity index (χ0) is 43.6. The van der Waals surface area contributed by atoms with Gasteiger partial charge in [0.25, 0.3) is 0 Å². The fraction of sp³-hybridized carbons (Fsp3) is 0. The first kappa shape index (κ1) is 37.7. The highest BCUT2D eigenvalue weighted by molar-refractivity contribution is 6.30. The Labute approximate surface area is 381 Å². The van der Waals surface area contributed by atoms with Gasteiger partial charge in [-0.25, -0.2) is 0 Å². The van der Waals surface area contributed by atoms with Crippen LogP contribution in [0, 0.1) is 0 Å². The van der Waals surface area contributed by atoms with E-state index >= 15 is 0 Å². The van der Waals surface area contributed by atoms with Crippen molar-refractivity contribution in [1.29, 1.82) is 0 Å². The van der Waals surface area contributed by atoms with E-state index in [0.717, 1.165) is 111 Å². The van der Waals surface area contributed by atoms with Crippen LogP contribution in [-0.2, 0) is 0 Å². The summed E-state index contributed by atoms with van der Waals surface area (Å²) >= 11 is 0. The fourth-order valence-electron chi connectivity index (χ4n) is 10.0. The predicted octanol–water partition coefficient (Wildman–Crippen LogP) is 18.1. The maximum atomic E-state index is 6.97. The van der Waals surface area contributed by atoms with Crippen LogP contribution in [0.1, 0.15) is 0 Å². The Kier molecular flexibility index (Phi) is 8.81. The van der Waals surface area contributed by atoms with Crippen molar-refractivity contribution in [2.75, 3.05) is 9.80 Å². The van der Waals surface area contributed by atoms with Gasteiger partial charge >= 0.3 is 0 Å². The number of hydrogen-bond donors (Lipinski definition) is 0. The molecule has 0 radical (unpaired) electrons. The van der Waals surface area contributed by atoms with Gasteiger partial charge in [0.15, 0.2) is 5.58 Å². The van der Waals surface area contributed by atoms with Crippen molar-refractivity contribution < 1.29 is 8.83 Å². The van der Waals surface area contributed by atoms with Gasteiger partial charge in [0.1, 0.15) is 16.7 Å². The molecular weight excluding hydrogens is 805 g/mol. The van der Waals surface area contributed by atoms with Crippen molar-refractivity contribution in [3.8, 4) is 22.3 Å². The van der Waals surface area contributed by atoms with E-state index in [1.807, 2.05) is 12.1 Å². The van der Waals surface area contributed by atoms with Gasteiger partial charge < -0.3 is 18.6 Å². The number of para-hydroxylation sites is 5. The largest absolute Gasteiger partial charge is 0.455 e. The highest BCUT2D eigenvalue weighted by Crippen LogP contribution is 2.47. The van der Waals surface area contributed by atoms with Gasteiger partial charge in [0.2, 0.25) is 0 Å². The minimum absolute atomic E-state index is 0.849. The molecule has 0 amide bonds. The Morgan fingerprint density at radius 1 is 0.258 bits per heavy atom. The van der Waals surface area contributed by atoms with Crippen molar-refractivity contribution in [2.24, 2.45) is 0 Å². The number of nitrogens with zero attached hydrogens (tertiary/aromatic N) is 2. The van der Waals surface area contributed by atoms with Gasteiger partial charge in [-0.3, -0.25) is 0 Å². The Morgan fingerprint density at radius 2 is 0.803 bits per heavy atom. The summed E-state index contributed by atoms with van der Waals surface area (Å²) in [5, 5.41) is 9.04. The Balaban J connectivity index is 0.936. The molecule has 0 N–H and O–H groups in total. The van der Waals surface area contributed by atoms with E-state index in [4.69, 9.17) is 8.83 Å². The molecule has 0 spiro atoms. The highest BCUT2D eigenvalue weighted by atomic mass is 16.3. The second-order valence-corrected chi connectivity index (χ2v) is 16.8. The van der Waals surface area contributed by atoms with Gasteiger partial charge in [-0.2, -0.15) is 0 Å². The van der Waals surface area contributed by atoms with E-state index in [-0.39, 0.29) is 0 Å². The van der Waals surface area contributed by atoms with Crippen LogP contribution >= 0.6 is 0 Å². The summed E-state index contributed by atoms with van der Waals surface area (Å²) in [5.74, 6) is 0. The lowest BCUT2D eigenvalue weighted by molar-refractivity contribution is 0.669.